The number of carbonyl (C=O) groups is 2. The maximum Gasteiger partial charge on any atom is 0.256 e. The van der Waals surface area contributed by atoms with Crippen LogP contribution in [0.2, 0.25) is 0 Å². The van der Waals surface area contributed by atoms with Crippen molar-refractivity contribution in [2.24, 2.45) is 0 Å². The molecule has 0 bridgehead atoms. The molecule has 2 aromatic carbocycles. The molecule has 2 amide bonds. The van der Waals surface area contributed by atoms with Gasteiger partial charge in [-0.3, -0.25) is 9.59 Å². The summed E-state index contributed by atoms with van der Waals surface area (Å²) in [5, 5.41) is 2.87. The number of halogens is 1. The van der Waals surface area contributed by atoms with Gasteiger partial charge < -0.3 is 15.1 Å². The molecule has 0 aliphatic carbocycles. The first-order valence-electron chi connectivity index (χ1n) is 8.54. The Balaban J connectivity index is 2.34. The Morgan fingerprint density at radius 2 is 1.73 bits per heavy atom. The Hall–Kier alpha value is -2.34. The van der Waals surface area contributed by atoms with Crippen LogP contribution in [0.15, 0.2) is 46.9 Å². The second-order valence-corrected chi connectivity index (χ2v) is 6.98. The molecule has 0 heterocycles. The van der Waals surface area contributed by atoms with Gasteiger partial charge in [0, 0.05) is 48.6 Å². The van der Waals surface area contributed by atoms with E-state index in [1.54, 1.807) is 23.1 Å². The van der Waals surface area contributed by atoms with Gasteiger partial charge in [0.25, 0.3) is 11.8 Å². The molecule has 0 saturated carbocycles. The van der Waals surface area contributed by atoms with Gasteiger partial charge in [0.2, 0.25) is 0 Å². The Morgan fingerprint density at radius 1 is 1.04 bits per heavy atom. The first-order valence-corrected chi connectivity index (χ1v) is 9.34. The number of hydrogen-bond donors (Lipinski definition) is 1. The molecule has 0 spiro atoms. The average molecular weight is 418 g/mol. The van der Waals surface area contributed by atoms with Crippen molar-refractivity contribution in [3.8, 4) is 0 Å². The number of hydrogen-bond acceptors (Lipinski definition) is 3. The molecule has 1 N–H and O–H groups in total. The highest BCUT2D eigenvalue weighted by atomic mass is 79.9. The summed E-state index contributed by atoms with van der Waals surface area (Å²) in [7, 11) is 3.79. The summed E-state index contributed by atoms with van der Waals surface area (Å²) in [6.07, 6.45) is 0. The van der Waals surface area contributed by atoms with Crippen LogP contribution in [-0.4, -0.2) is 43.9 Å². The van der Waals surface area contributed by atoms with Crippen LogP contribution in [0.25, 0.3) is 0 Å². The summed E-state index contributed by atoms with van der Waals surface area (Å²) in [5.74, 6) is -0.262. The number of nitrogens with zero attached hydrogens (tertiary/aromatic N) is 2. The maximum atomic E-state index is 12.9. The van der Waals surface area contributed by atoms with E-state index in [0.717, 1.165) is 10.2 Å². The predicted octanol–water partition coefficient (Wildman–Crippen LogP) is 4.25. The number of carbonyl (C=O) groups excluding carboxylic acids is 2. The van der Waals surface area contributed by atoms with Crippen molar-refractivity contribution in [2.75, 3.05) is 37.4 Å². The molecule has 0 saturated heterocycles. The lowest BCUT2D eigenvalue weighted by Crippen LogP contribution is -2.31. The fourth-order valence-corrected chi connectivity index (χ4v) is 3.09. The van der Waals surface area contributed by atoms with Crippen molar-refractivity contribution in [3.63, 3.8) is 0 Å². The average Bonchev–Trinajstić information content (AvgIpc) is 2.62. The molecule has 0 aliphatic rings. The number of rotatable bonds is 6. The standard InChI is InChI=1S/C20H24BrN3O2/c1-5-24(6-2)20(26)17-13-16(10-11-18(17)23(3)4)22-19(25)14-8-7-9-15(21)12-14/h7-13H,5-6H2,1-4H3,(H,22,25). The van der Waals surface area contributed by atoms with Crippen molar-refractivity contribution in [1.29, 1.82) is 0 Å². The highest BCUT2D eigenvalue weighted by molar-refractivity contribution is 9.10. The normalized spacial score (nSPS) is 10.3. The molecule has 0 unspecified atom stereocenters. The molecular weight excluding hydrogens is 394 g/mol. The van der Waals surface area contributed by atoms with Crippen LogP contribution in [0.3, 0.4) is 0 Å². The Bertz CT molecular complexity index is 801. The summed E-state index contributed by atoms with van der Waals surface area (Å²) in [6.45, 7) is 5.18. The number of benzene rings is 2. The van der Waals surface area contributed by atoms with Gasteiger partial charge in [0.05, 0.1) is 5.56 Å². The topological polar surface area (TPSA) is 52.7 Å². The van der Waals surface area contributed by atoms with Gasteiger partial charge >= 0.3 is 0 Å². The first-order chi connectivity index (χ1) is 12.4. The van der Waals surface area contributed by atoms with E-state index < -0.39 is 0 Å². The Kier molecular flexibility index (Phi) is 6.80. The van der Waals surface area contributed by atoms with E-state index in [1.807, 2.05) is 57.1 Å². The molecule has 138 valence electrons. The second-order valence-electron chi connectivity index (χ2n) is 6.07. The molecule has 6 heteroatoms. The van der Waals surface area contributed by atoms with E-state index in [2.05, 4.69) is 21.2 Å². The van der Waals surface area contributed by atoms with Gasteiger partial charge in [-0.1, -0.05) is 22.0 Å². The molecule has 26 heavy (non-hydrogen) atoms. The zero-order valence-electron chi connectivity index (χ0n) is 15.5. The predicted molar refractivity (Wildman–Crippen MR) is 110 cm³/mol. The molecule has 0 atom stereocenters. The smallest absolute Gasteiger partial charge is 0.256 e. The van der Waals surface area contributed by atoms with E-state index in [0.29, 0.717) is 29.9 Å². The SMILES string of the molecule is CCN(CC)C(=O)c1cc(NC(=O)c2cccc(Br)c2)ccc1N(C)C. The third-order valence-corrected chi connectivity index (χ3v) is 4.60. The van der Waals surface area contributed by atoms with Gasteiger partial charge in [0.1, 0.15) is 0 Å². The van der Waals surface area contributed by atoms with Crippen molar-refractivity contribution in [2.45, 2.75) is 13.8 Å². The summed E-state index contributed by atoms with van der Waals surface area (Å²) >= 11 is 3.37. The van der Waals surface area contributed by atoms with Crippen molar-refractivity contribution >= 4 is 39.1 Å². The molecule has 0 aromatic heterocycles. The molecular formula is C20H24BrN3O2. The number of anilines is 2. The van der Waals surface area contributed by atoms with E-state index in [1.165, 1.54) is 0 Å². The summed E-state index contributed by atoms with van der Waals surface area (Å²) < 4.78 is 0.838. The lowest BCUT2D eigenvalue weighted by Gasteiger charge is -2.23. The van der Waals surface area contributed by atoms with Crippen LogP contribution < -0.4 is 10.2 Å². The van der Waals surface area contributed by atoms with Crippen LogP contribution in [0.4, 0.5) is 11.4 Å². The molecule has 2 rings (SSSR count). The van der Waals surface area contributed by atoms with Gasteiger partial charge in [0.15, 0.2) is 0 Å². The minimum atomic E-state index is -0.217. The van der Waals surface area contributed by atoms with Gasteiger partial charge in [-0.05, 0) is 50.2 Å². The minimum absolute atomic E-state index is 0.0442. The van der Waals surface area contributed by atoms with Crippen LogP contribution in [0.5, 0.6) is 0 Å². The van der Waals surface area contributed by atoms with E-state index >= 15 is 0 Å². The van der Waals surface area contributed by atoms with Gasteiger partial charge in [-0.15, -0.1) is 0 Å². The lowest BCUT2D eigenvalue weighted by atomic mass is 10.1. The summed E-state index contributed by atoms with van der Waals surface area (Å²) in [6, 6.07) is 12.6. The number of nitrogens with one attached hydrogen (secondary N) is 1. The first kappa shape index (κ1) is 20.0. The monoisotopic (exact) mass is 417 g/mol. The van der Waals surface area contributed by atoms with Crippen LogP contribution >= 0.6 is 15.9 Å². The third kappa shape index (κ3) is 4.64. The molecule has 0 fully saturated rings. The molecule has 0 aliphatic heterocycles. The van der Waals surface area contributed by atoms with E-state index in [-0.39, 0.29) is 11.8 Å². The van der Waals surface area contributed by atoms with Gasteiger partial charge in [-0.25, -0.2) is 0 Å². The maximum absolute atomic E-state index is 12.9. The van der Waals surface area contributed by atoms with Crippen molar-refractivity contribution in [3.05, 3.63) is 58.1 Å². The highest BCUT2D eigenvalue weighted by Crippen LogP contribution is 2.25. The summed E-state index contributed by atoms with van der Waals surface area (Å²) in [5.41, 5.74) is 2.54. The Labute approximate surface area is 163 Å². The largest absolute Gasteiger partial charge is 0.377 e. The van der Waals surface area contributed by atoms with E-state index in [9.17, 15) is 9.59 Å². The zero-order chi connectivity index (χ0) is 19.3. The van der Waals surface area contributed by atoms with Gasteiger partial charge in [-0.2, -0.15) is 0 Å². The quantitative estimate of drug-likeness (QED) is 0.763. The van der Waals surface area contributed by atoms with Crippen LogP contribution in [-0.2, 0) is 0 Å². The zero-order valence-corrected chi connectivity index (χ0v) is 17.1. The minimum Gasteiger partial charge on any atom is -0.377 e. The molecule has 2 aromatic rings. The fourth-order valence-electron chi connectivity index (χ4n) is 2.69. The van der Waals surface area contributed by atoms with Crippen molar-refractivity contribution in [1.82, 2.24) is 4.90 Å². The number of amides is 2. The molecule has 0 radical (unpaired) electrons. The lowest BCUT2D eigenvalue weighted by molar-refractivity contribution is 0.0773. The molecule has 5 nitrogen and oxygen atoms in total. The third-order valence-electron chi connectivity index (χ3n) is 4.10. The fraction of sp³-hybridized carbons (Fsp3) is 0.300. The van der Waals surface area contributed by atoms with Crippen LogP contribution in [0.1, 0.15) is 34.6 Å². The second kappa shape index (κ2) is 8.85. The van der Waals surface area contributed by atoms with Crippen LogP contribution in [0, 0.1) is 0 Å². The highest BCUT2D eigenvalue weighted by Gasteiger charge is 2.19. The van der Waals surface area contributed by atoms with E-state index in [4.69, 9.17) is 0 Å². The Morgan fingerprint density at radius 3 is 2.31 bits per heavy atom. The summed E-state index contributed by atoms with van der Waals surface area (Å²) in [4.78, 5) is 29.0. The van der Waals surface area contributed by atoms with Crippen molar-refractivity contribution < 1.29 is 9.59 Å².